The molecule has 6 rings (SSSR count). The van der Waals surface area contributed by atoms with Crippen molar-refractivity contribution < 1.29 is 35.6 Å². The SMILES string of the molecule is Cc1cccc2c1[cH-]c1ccccc12.Cc1cccc2c1[cH-]c1ccccc12.[F-].[F-].[Zr+4]. The molecule has 0 radical (unpaired) electrons. The zero-order valence-electron chi connectivity index (χ0n) is 17.5. The second kappa shape index (κ2) is 10.1. The standard InChI is InChI=1S/2C14H11.2FH.Zr/c2*1-10-5-4-8-13-12-7-3-2-6-11(12)9-14(10)13;;;/h2*2-9H,1H3;2*1H;/q2*-1;;;+4/p-2. The Bertz CT molecular complexity index is 1330. The number of hydrogen-bond acceptors (Lipinski definition) is 0. The number of rotatable bonds is 0. The van der Waals surface area contributed by atoms with Crippen LogP contribution in [0, 0.1) is 13.8 Å². The third kappa shape index (κ3) is 4.38. The molecule has 0 bridgehead atoms. The largest absolute Gasteiger partial charge is 4.00 e. The fraction of sp³-hybridized carbons (Fsp3) is 0.0714. The van der Waals surface area contributed by atoms with Gasteiger partial charge in [0.1, 0.15) is 0 Å². The van der Waals surface area contributed by atoms with Gasteiger partial charge in [0.05, 0.1) is 0 Å². The van der Waals surface area contributed by atoms with E-state index < -0.39 is 0 Å². The normalized spacial score (nSPS) is 10.1. The van der Waals surface area contributed by atoms with E-state index in [4.69, 9.17) is 0 Å². The van der Waals surface area contributed by atoms with Crippen molar-refractivity contribution in [3.05, 3.63) is 108 Å². The molecule has 152 valence electrons. The van der Waals surface area contributed by atoms with Gasteiger partial charge in [-0.2, -0.15) is 0 Å². The summed E-state index contributed by atoms with van der Waals surface area (Å²) in [5, 5.41) is 10.9. The molecule has 3 heteroatoms. The third-order valence-corrected chi connectivity index (χ3v) is 5.75. The van der Waals surface area contributed by atoms with Crippen LogP contribution in [0.15, 0.2) is 97.1 Å². The van der Waals surface area contributed by atoms with Crippen LogP contribution in [0.5, 0.6) is 0 Å². The maximum Gasteiger partial charge on any atom is 4.00 e. The monoisotopic (exact) mass is 486 g/mol. The van der Waals surface area contributed by atoms with Gasteiger partial charge in [0, 0.05) is 0 Å². The molecule has 0 amide bonds. The van der Waals surface area contributed by atoms with Crippen molar-refractivity contribution in [3.63, 3.8) is 0 Å². The van der Waals surface area contributed by atoms with Gasteiger partial charge in [0.25, 0.3) is 0 Å². The average Bonchev–Trinajstić information content (AvgIpc) is 3.29. The third-order valence-electron chi connectivity index (χ3n) is 5.75. The molecular formula is C28H22F2Zr. The molecule has 0 fully saturated rings. The van der Waals surface area contributed by atoms with E-state index in [1.165, 1.54) is 54.2 Å². The van der Waals surface area contributed by atoms with Crippen LogP contribution in [0.25, 0.3) is 43.1 Å². The first kappa shape index (κ1) is 24.6. The van der Waals surface area contributed by atoms with E-state index in [-0.39, 0.29) is 35.6 Å². The van der Waals surface area contributed by atoms with E-state index in [0.29, 0.717) is 0 Å². The minimum atomic E-state index is 0. The molecule has 0 aromatic heterocycles. The summed E-state index contributed by atoms with van der Waals surface area (Å²) >= 11 is 0. The Balaban J connectivity index is 0.000000201. The van der Waals surface area contributed by atoms with Crippen LogP contribution in [-0.2, 0) is 26.2 Å². The van der Waals surface area contributed by atoms with Gasteiger partial charge in [-0.25, -0.2) is 0 Å². The van der Waals surface area contributed by atoms with Crippen LogP contribution in [0.2, 0.25) is 0 Å². The van der Waals surface area contributed by atoms with Crippen molar-refractivity contribution in [1.29, 1.82) is 0 Å². The molecular weight excluding hydrogens is 466 g/mol. The molecule has 0 unspecified atom stereocenters. The molecule has 31 heavy (non-hydrogen) atoms. The van der Waals surface area contributed by atoms with Gasteiger partial charge < -0.3 is 9.41 Å². The number of halogens is 2. The molecule has 0 atom stereocenters. The van der Waals surface area contributed by atoms with E-state index in [2.05, 4.69) is 111 Å². The van der Waals surface area contributed by atoms with Crippen LogP contribution in [-0.4, -0.2) is 0 Å². The fourth-order valence-electron chi connectivity index (χ4n) is 4.26. The van der Waals surface area contributed by atoms with E-state index in [1.807, 2.05) is 0 Å². The van der Waals surface area contributed by atoms with Crippen LogP contribution >= 0.6 is 0 Å². The molecule has 0 N–H and O–H groups in total. The van der Waals surface area contributed by atoms with Crippen molar-refractivity contribution in [2.45, 2.75) is 13.8 Å². The minimum absolute atomic E-state index is 0. The molecule has 0 aliphatic carbocycles. The minimum Gasteiger partial charge on any atom is -1.00 e. The first-order valence-electron chi connectivity index (χ1n) is 9.80. The fourth-order valence-corrected chi connectivity index (χ4v) is 4.26. The number of benzene rings is 4. The Hall–Kier alpha value is -2.64. The molecule has 6 aromatic rings. The Morgan fingerprint density at radius 2 is 0.806 bits per heavy atom. The summed E-state index contributed by atoms with van der Waals surface area (Å²) in [5.74, 6) is 0. The Morgan fingerprint density at radius 3 is 1.23 bits per heavy atom. The Labute approximate surface area is 200 Å². The van der Waals surface area contributed by atoms with Crippen molar-refractivity contribution in [2.75, 3.05) is 0 Å². The van der Waals surface area contributed by atoms with Gasteiger partial charge in [0.2, 0.25) is 0 Å². The van der Waals surface area contributed by atoms with Gasteiger partial charge in [-0.05, 0) is 0 Å². The van der Waals surface area contributed by atoms with Crippen molar-refractivity contribution in [1.82, 2.24) is 0 Å². The topological polar surface area (TPSA) is 0 Å². The summed E-state index contributed by atoms with van der Waals surface area (Å²) in [6, 6.07) is 34.7. The molecule has 0 nitrogen and oxygen atoms in total. The molecule has 0 aliphatic rings. The predicted molar refractivity (Wildman–Crippen MR) is 124 cm³/mol. The summed E-state index contributed by atoms with van der Waals surface area (Å²) in [7, 11) is 0. The van der Waals surface area contributed by atoms with Crippen LogP contribution < -0.4 is 9.41 Å². The van der Waals surface area contributed by atoms with E-state index in [0.717, 1.165) is 0 Å². The smallest absolute Gasteiger partial charge is 1.00 e. The van der Waals surface area contributed by atoms with E-state index >= 15 is 0 Å². The average molecular weight is 488 g/mol. The maximum absolute atomic E-state index is 2.28. The maximum atomic E-state index is 2.28. The van der Waals surface area contributed by atoms with Gasteiger partial charge in [-0.15, -0.1) is 78.5 Å². The molecule has 6 aromatic carbocycles. The van der Waals surface area contributed by atoms with Crippen molar-refractivity contribution >= 4 is 43.1 Å². The zero-order chi connectivity index (χ0) is 19.1. The number of fused-ring (bicyclic) bond motifs is 6. The Morgan fingerprint density at radius 1 is 0.452 bits per heavy atom. The molecule has 0 heterocycles. The first-order valence-corrected chi connectivity index (χ1v) is 9.80. The summed E-state index contributed by atoms with van der Waals surface area (Å²) in [6.45, 7) is 4.34. The van der Waals surface area contributed by atoms with Crippen LogP contribution in [0.3, 0.4) is 0 Å². The molecule has 0 saturated heterocycles. The summed E-state index contributed by atoms with van der Waals surface area (Å²) < 4.78 is 0. The van der Waals surface area contributed by atoms with Crippen LogP contribution in [0.1, 0.15) is 11.1 Å². The second-order valence-corrected chi connectivity index (χ2v) is 7.54. The van der Waals surface area contributed by atoms with Gasteiger partial charge >= 0.3 is 26.2 Å². The number of hydrogen-bond donors (Lipinski definition) is 0. The molecule has 0 saturated carbocycles. The predicted octanol–water partition coefficient (Wildman–Crippen LogP) is 2.05. The summed E-state index contributed by atoms with van der Waals surface area (Å²) in [6.07, 6.45) is 0. The summed E-state index contributed by atoms with van der Waals surface area (Å²) in [4.78, 5) is 0. The molecule has 0 aliphatic heterocycles. The van der Waals surface area contributed by atoms with Crippen molar-refractivity contribution in [3.8, 4) is 0 Å². The summed E-state index contributed by atoms with van der Waals surface area (Å²) in [5.41, 5.74) is 2.72. The van der Waals surface area contributed by atoms with Gasteiger partial charge in [0.15, 0.2) is 0 Å². The van der Waals surface area contributed by atoms with Gasteiger partial charge in [-0.1, -0.05) is 86.6 Å². The van der Waals surface area contributed by atoms with E-state index in [1.54, 1.807) is 0 Å². The van der Waals surface area contributed by atoms with Gasteiger partial charge in [-0.3, -0.25) is 0 Å². The first-order chi connectivity index (χ1) is 13.7. The van der Waals surface area contributed by atoms with Crippen molar-refractivity contribution in [2.24, 2.45) is 0 Å². The zero-order valence-corrected chi connectivity index (χ0v) is 20.0. The Kier molecular flexibility index (Phi) is 8.04. The molecule has 0 spiro atoms. The number of aryl methyl sites for hydroxylation is 2. The second-order valence-electron chi connectivity index (χ2n) is 7.54. The van der Waals surface area contributed by atoms with E-state index in [9.17, 15) is 0 Å². The quantitative estimate of drug-likeness (QED) is 0.288. The van der Waals surface area contributed by atoms with Crippen LogP contribution in [0.4, 0.5) is 0 Å².